The number of hydrogen-bond donors (Lipinski definition) is 0. The van der Waals surface area contributed by atoms with Gasteiger partial charge < -0.3 is 9.47 Å². The molecule has 186 valence electrons. The second-order valence-electron chi connectivity index (χ2n) is 10.0. The van der Waals surface area contributed by atoms with Crippen molar-refractivity contribution in [3.8, 4) is 34.1 Å². The molecule has 0 unspecified atom stereocenters. The van der Waals surface area contributed by atoms with E-state index in [1.165, 1.54) is 33.0 Å². The summed E-state index contributed by atoms with van der Waals surface area (Å²) in [6.45, 7) is 8.59. The minimum absolute atomic E-state index is 0.821. The van der Waals surface area contributed by atoms with Gasteiger partial charge >= 0.3 is 0 Å². The molecule has 0 fully saturated rings. The van der Waals surface area contributed by atoms with Gasteiger partial charge in [-0.05, 0) is 108 Å². The molecule has 2 nitrogen and oxygen atoms in total. The third kappa shape index (κ3) is 4.39. The van der Waals surface area contributed by atoms with Crippen molar-refractivity contribution >= 4 is 21.5 Å². The molecule has 0 heterocycles. The summed E-state index contributed by atoms with van der Waals surface area (Å²) in [6.07, 6.45) is 0. The van der Waals surface area contributed by atoms with Crippen molar-refractivity contribution in [3.05, 3.63) is 131 Å². The molecule has 2 heteroatoms. The summed E-state index contributed by atoms with van der Waals surface area (Å²) in [5.41, 5.74) is 7.31. The number of benzene rings is 6. The van der Waals surface area contributed by atoms with E-state index in [0.29, 0.717) is 0 Å². The number of aryl methyl sites for hydroxylation is 4. The normalized spacial score (nSPS) is 11.2. The van der Waals surface area contributed by atoms with E-state index in [2.05, 4.69) is 113 Å². The molecule has 0 aliphatic heterocycles. The van der Waals surface area contributed by atoms with E-state index in [4.69, 9.17) is 9.47 Å². The van der Waals surface area contributed by atoms with Gasteiger partial charge in [0.25, 0.3) is 0 Å². The van der Waals surface area contributed by atoms with Gasteiger partial charge in [0.1, 0.15) is 23.0 Å². The van der Waals surface area contributed by atoms with Crippen LogP contribution in [0.4, 0.5) is 0 Å². The molecule has 0 atom stereocenters. The molecule has 0 radical (unpaired) electrons. The van der Waals surface area contributed by atoms with Crippen LogP contribution in [-0.4, -0.2) is 0 Å². The van der Waals surface area contributed by atoms with E-state index in [-0.39, 0.29) is 0 Å². The van der Waals surface area contributed by atoms with Crippen LogP contribution in [0.5, 0.6) is 23.0 Å². The average molecular weight is 495 g/mol. The lowest BCUT2D eigenvalue weighted by Crippen LogP contribution is -1.90. The maximum absolute atomic E-state index is 6.31. The van der Waals surface area contributed by atoms with Gasteiger partial charge in [-0.2, -0.15) is 0 Å². The van der Waals surface area contributed by atoms with E-state index in [1.807, 2.05) is 24.3 Å². The predicted octanol–water partition coefficient (Wildman–Crippen LogP) is 10.5. The topological polar surface area (TPSA) is 18.5 Å². The summed E-state index contributed by atoms with van der Waals surface area (Å²) >= 11 is 0. The van der Waals surface area contributed by atoms with Gasteiger partial charge in [-0.3, -0.25) is 0 Å². The van der Waals surface area contributed by atoms with Crippen LogP contribution < -0.4 is 9.47 Å². The van der Waals surface area contributed by atoms with Crippen molar-refractivity contribution in [2.75, 3.05) is 0 Å². The monoisotopic (exact) mass is 494 g/mol. The molecule has 0 N–H and O–H groups in total. The summed E-state index contributed by atoms with van der Waals surface area (Å²) in [5.74, 6) is 3.40. The Hall–Kier alpha value is -4.56. The van der Waals surface area contributed by atoms with E-state index >= 15 is 0 Å². The summed E-state index contributed by atoms with van der Waals surface area (Å²) in [5, 5.41) is 4.80. The smallest absolute Gasteiger partial charge is 0.135 e. The van der Waals surface area contributed by atoms with Crippen molar-refractivity contribution in [3.63, 3.8) is 0 Å². The fraction of sp³-hybridized carbons (Fsp3) is 0.111. The zero-order chi connectivity index (χ0) is 26.2. The Morgan fingerprint density at radius 1 is 0.368 bits per heavy atom. The van der Waals surface area contributed by atoms with Crippen molar-refractivity contribution in [2.45, 2.75) is 27.7 Å². The Bertz CT molecular complexity index is 1630. The lowest BCUT2D eigenvalue weighted by atomic mass is 10.00. The third-order valence-electron chi connectivity index (χ3n) is 7.33. The van der Waals surface area contributed by atoms with Gasteiger partial charge in [0.15, 0.2) is 0 Å². The van der Waals surface area contributed by atoms with E-state index in [1.54, 1.807) is 0 Å². The van der Waals surface area contributed by atoms with Crippen molar-refractivity contribution in [1.82, 2.24) is 0 Å². The number of hydrogen-bond acceptors (Lipinski definition) is 2. The van der Waals surface area contributed by atoms with Crippen molar-refractivity contribution in [2.24, 2.45) is 0 Å². The molecule has 0 saturated heterocycles. The van der Waals surface area contributed by atoms with Gasteiger partial charge in [0.2, 0.25) is 0 Å². The van der Waals surface area contributed by atoms with E-state index in [9.17, 15) is 0 Å². The molecule has 0 aliphatic rings. The quantitative estimate of drug-likeness (QED) is 0.237. The van der Waals surface area contributed by atoms with E-state index < -0.39 is 0 Å². The van der Waals surface area contributed by atoms with Gasteiger partial charge in [-0.25, -0.2) is 0 Å². The number of fused-ring (bicyclic) bond motifs is 2. The maximum atomic E-state index is 6.31. The second kappa shape index (κ2) is 9.72. The molecule has 0 aliphatic carbocycles. The molecule has 0 spiro atoms. The summed E-state index contributed by atoms with van der Waals surface area (Å²) in [6, 6.07) is 37.6. The minimum atomic E-state index is 0.821. The summed E-state index contributed by atoms with van der Waals surface area (Å²) in [4.78, 5) is 0. The Kier molecular flexibility index (Phi) is 6.09. The molecule has 0 saturated carbocycles. The largest absolute Gasteiger partial charge is 0.457 e. The fourth-order valence-electron chi connectivity index (χ4n) is 5.40. The van der Waals surface area contributed by atoms with Crippen molar-refractivity contribution in [1.29, 1.82) is 0 Å². The van der Waals surface area contributed by atoms with Crippen LogP contribution in [-0.2, 0) is 0 Å². The van der Waals surface area contributed by atoms with Crippen LogP contribution in [0.15, 0.2) is 109 Å². The molecular weight excluding hydrogens is 464 g/mol. The zero-order valence-corrected chi connectivity index (χ0v) is 22.2. The Morgan fingerprint density at radius 2 is 0.737 bits per heavy atom. The maximum Gasteiger partial charge on any atom is 0.135 e. The molecule has 0 amide bonds. The predicted molar refractivity (Wildman–Crippen MR) is 159 cm³/mol. The van der Waals surface area contributed by atoms with Crippen LogP contribution in [0, 0.1) is 27.7 Å². The van der Waals surface area contributed by atoms with E-state index in [0.717, 1.165) is 44.9 Å². The Balaban J connectivity index is 1.21. The molecule has 6 aromatic carbocycles. The summed E-state index contributed by atoms with van der Waals surface area (Å²) in [7, 11) is 0. The van der Waals surface area contributed by atoms with Gasteiger partial charge in [0.05, 0.1) is 0 Å². The summed E-state index contributed by atoms with van der Waals surface area (Å²) < 4.78 is 12.6. The van der Waals surface area contributed by atoms with Gasteiger partial charge in [-0.1, -0.05) is 72.8 Å². The highest BCUT2D eigenvalue weighted by Crippen LogP contribution is 2.36. The van der Waals surface area contributed by atoms with Gasteiger partial charge in [-0.15, -0.1) is 0 Å². The van der Waals surface area contributed by atoms with Crippen molar-refractivity contribution < 1.29 is 9.47 Å². The first kappa shape index (κ1) is 23.8. The molecule has 6 aromatic rings. The van der Waals surface area contributed by atoms with Crippen LogP contribution in [0.3, 0.4) is 0 Å². The molecule has 0 aromatic heterocycles. The highest BCUT2D eigenvalue weighted by atomic mass is 16.5. The SMILES string of the molecule is Cc1cccc2c(Oc3ccc(-c4ccc(Oc5ccc(C)c6c(C)cccc56)cc4)cc3)ccc(C)c12. The number of rotatable bonds is 5. The fourth-order valence-corrected chi connectivity index (χ4v) is 5.40. The molecule has 38 heavy (non-hydrogen) atoms. The average Bonchev–Trinajstić information content (AvgIpc) is 2.93. The first-order valence-electron chi connectivity index (χ1n) is 13.0. The van der Waals surface area contributed by atoms with Gasteiger partial charge in [0, 0.05) is 10.8 Å². The third-order valence-corrected chi connectivity index (χ3v) is 7.33. The highest BCUT2D eigenvalue weighted by molar-refractivity contribution is 5.94. The first-order valence-corrected chi connectivity index (χ1v) is 13.0. The van der Waals surface area contributed by atoms with Crippen LogP contribution >= 0.6 is 0 Å². The second-order valence-corrected chi connectivity index (χ2v) is 10.0. The Labute approximate surface area is 224 Å². The minimum Gasteiger partial charge on any atom is -0.457 e. The molecule has 6 rings (SSSR count). The first-order chi connectivity index (χ1) is 18.5. The molecular formula is C36H30O2. The number of ether oxygens (including phenoxy) is 2. The standard InChI is InChI=1S/C36H30O2/c1-23-7-5-9-31-33(21-11-25(3)35(23)31)37-29-17-13-27(14-18-29)28-15-19-30(20-16-28)38-34-22-12-26(4)36-24(2)8-6-10-32(34)36/h5-22H,1-4H3. The molecule has 0 bridgehead atoms. The zero-order valence-electron chi connectivity index (χ0n) is 22.2. The van der Waals surface area contributed by atoms with Crippen LogP contribution in [0.1, 0.15) is 22.3 Å². The van der Waals surface area contributed by atoms with Crippen LogP contribution in [0.25, 0.3) is 32.7 Å². The lowest BCUT2D eigenvalue weighted by molar-refractivity contribution is 0.488. The lowest BCUT2D eigenvalue weighted by Gasteiger charge is -2.13. The van der Waals surface area contributed by atoms with Crippen LogP contribution in [0.2, 0.25) is 0 Å². The highest BCUT2D eigenvalue weighted by Gasteiger charge is 2.10. The Morgan fingerprint density at radius 3 is 1.13 bits per heavy atom.